The van der Waals surface area contributed by atoms with E-state index in [1.165, 1.54) is 0 Å². The molecule has 0 radical (unpaired) electrons. The molecule has 0 bridgehead atoms. The van der Waals surface area contributed by atoms with Crippen molar-refractivity contribution in [3.8, 4) is 0 Å². The van der Waals surface area contributed by atoms with Crippen molar-refractivity contribution in [2.45, 2.75) is 25.1 Å². The molecule has 0 rings (SSSR count). The van der Waals surface area contributed by atoms with Gasteiger partial charge >= 0.3 is 6.03 Å². The van der Waals surface area contributed by atoms with Crippen molar-refractivity contribution in [1.82, 2.24) is 4.90 Å². The lowest BCUT2D eigenvalue weighted by molar-refractivity contribution is -0.127. The van der Waals surface area contributed by atoms with Crippen molar-refractivity contribution in [3.05, 3.63) is 0 Å². The second kappa shape index (κ2) is 5.13. The van der Waals surface area contributed by atoms with Crippen molar-refractivity contribution in [2.24, 2.45) is 5.73 Å². The fourth-order valence-corrected chi connectivity index (χ4v) is 1.01. The molecule has 0 fully saturated rings. The highest BCUT2D eigenvalue weighted by atomic mass is 79.9. The first-order valence-electron chi connectivity index (χ1n) is 3.79. The number of primary amides is 1. The molecule has 1 atom stereocenters. The van der Waals surface area contributed by atoms with Crippen LogP contribution in [0.3, 0.4) is 0 Å². The number of imide groups is 1. The van der Waals surface area contributed by atoms with Crippen molar-refractivity contribution in [1.29, 1.82) is 0 Å². The van der Waals surface area contributed by atoms with Gasteiger partial charge in [0, 0.05) is 6.54 Å². The van der Waals surface area contributed by atoms with Gasteiger partial charge in [-0.25, -0.2) is 4.79 Å². The van der Waals surface area contributed by atoms with Gasteiger partial charge in [0.15, 0.2) is 0 Å². The largest absolute Gasteiger partial charge is 0.351 e. The number of amides is 3. The molecule has 0 heterocycles. The molecule has 5 heteroatoms. The van der Waals surface area contributed by atoms with E-state index in [0.29, 0.717) is 13.0 Å². The monoisotopic (exact) mass is 236 g/mol. The summed E-state index contributed by atoms with van der Waals surface area (Å²) in [6.07, 6.45) is 0.641. The third kappa shape index (κ3) is 2.81. The van der Waals surface area contributed by atoms with Crippen LogP contribution in [0.4, 0.5) is 4.79 Å². The van der Waals surface area contributed by atoms with E-state index in [1.807, 2.05) is 6.92 Å². The van der Waals surface area contributed by atoms with Crippen LogP contribution in [0.25, 0.3) is 0 Å². The highest BCUT2D eigenvalue weighted by molar-refractivity contribution is 9.10. The van der Waals surface area contributed by atoms with E-state index in [0.717, 1.165) is 4.90 Å². The summed E-state index contributed by atoms with van der Waals surface area (Å²) in [4.78, 5) is 22.7. The minimum atomic E-state index is -0.694. The number of halogens is 1. The summed E-state index contributed by atoms with van der Waals surface area (Å²) in [5.41, 5.74) is 4.99. The molecule has 4 nitrogen and oxygen atoms in total. The van der Waals surface area contributed by atoms with Gasteiger partial charge in [0.05, 0.1) is 4.83 Å². The summed E-state index contributed by atoms with van der Waals surface area (Å²) >= 11 is 3.15. The molecule has 0 aliphatic heterocycles. The Kier molecular flexibility index (Phi) is 4.89. The second-order valence-corrected chi connectivity index (χ2v) is 3.40. The van der Waals surface area contributed by atoms with Crippen LogP contribution in [0.5, 0.6) is 0 Å². The standard InChI is InChI=1S/C7H13BrN2O2/c1-3-5(8)6(11)10(4-2)7(9)12/h5H,3-4H2,1-2H3,(H2,9,12). The first-order valence-corrected chi connectivity index (χ1v) is 4.71. The highest BCUT2D eigenvalue weighted by Crippen LogP contribution is 2.08. The summed E-state index contributed by atoms with van der Waals surface area (Å²) in [6.45, 7) is 3.88. The zero-order valence-corrected chi connectivity index (χ0v) is 8.80. The summed E-state index contributed by atoms with van der Waals surface area (Å²) in [6, 6.07) is -0.694. The van der Waals surface area contributed by atoms with Crippen LogP contribution in [0.15, 0.2) is 0 Å². The normalized spacial score (nSPS) is 12.2. The zero-order valence-electron chi connectivity index (χ0n) is 7.21. The second-order valence-electron chi connectivity index (χ2n) is 2.30. The van der Waals surface area contributed by atoms with Gasteiger partial charge in [-0.05, 0) is 13.3 Å². The van der Waals surface area contributed by atoms with E-state index in [-0.39, 0.29) is 10.7 Å². The SMILES string of the molecule is CCC(Br)C(=O)N(CC)C(N)=O. The van der Waals surface area contributed by atoms with Crippen molar-refractivity contribution < 1.29 is 9.59 Å². The van der Waals surface area contributed by atoms with Crippen LogP contribution < -0.4 is 5.73 Å². The van der Waals surface area contributed by atoms with Gasteiger partial charge in [-0.3, -0.25) is 9.69 Å². The molecule has 3 amide bonds. The number of hydrogen-bond acceptors (Lipinski definition) is 2. The zero-order chi connectivity index (χ0) is 9.72. The average molecular weight is 237 g/mol. The third-order valence-electron chi connectivity index (χ3n) is 1.47. The van der Waals surface area contributed by atoms with Gasteiger partial charge in [-0.2, -0.15) is 0 Å². The van der Waals surface area contributed by atoms with E-state index in [1.54, 1.807) is 6.92 Å². The molecule has 70 valence electrons. The average Bonchev–Trinajstić information content (AvgIpc) is 2.03. The molecule has 0 saturated heterocycles. The predicted octanol–water partition coefficient (Wildman–Crippen LogP) is 1.09. The van der Waals surface area contributed by atoms with Crippen LogP contribution >= 0.6 is 15.9 Å². The first-order chi connectivity index (χ1) is 5.54. The molecule has 1 unspecified atom stereocenters. The molecule has 0 aromatic heterocycles. The molecule has 0 aromatic carbocycles. The Morgan fingerprint density at radius 2 is 2.00 bits per heavy atom. The number of rotatable bonds is 3. The Hall–Kier alpha value is -0.580. The minimum absolute atomic E-state index is 0.271. The number of hydrogen-bond donors (Lipinski definition) is 1. The highest BCUT2D eigenvalue weighted by Gasteiger charge is 2.22. The Bertz CT molecular complexity index is 184. The number of nitrogens with zero attached hydrogens (tertiary/aromatic N) is 1. The molecule has 12 heavy (non-hydrogen) atoms. The van der Waals surface area contributed by atoms with Crippen molar-refractivity contribution in [2.75, 3.05) is 6.54 Å². The number of nitrogens with two attached hydrogens (primary N) is 1. The quantitative estimate of drug-likeness (QED) is 0.746. The molecule has 0 saturated carbocycles. The summed E-state index contributed by atoms with van der Waals surface area (Å²) in [5, 5.41) is 0. The van der Waals surface area contributed by atoms with E-state index < -0.39 is 6.03 Å². The Balaban J connectivity index is 4.31. The fourth-order valence-electron chi connectivity index (χ4n) is 0.764. The lowest BCUT2D eigenvalue weighted by atomic mass is 10.3. The summed E-state index contributed by atoms with van der Waals surface area (Å²) in [7, 11) is 0. The van der Waals surface area contributed by atoms with Gasteiger partial charge in [0.25, 0.3) is 0 Å². The van der Waals surface area contributed by atoms with Crippen LogP contribution in [-0.2, 0) is 4.79 Å². The first kappa shape index (κ1) is 11.4. The van der Waals surface area contributed by atoms with Crippen molar-refractivity contribution >= 4 is 27.9 Å². The fraction of sp³-hybridized carbons (Fsp3) is 0.714. The van der Waals surface area contributed by atoms with Crippen LogP contribution in [-0.4, -0.2) is 28.2 Å². The maximum atomic E-state index is 11.3. The van der Waals surface area contributed by atoms with Crippen molar-refractivity contribution in [3.63, 3.8) is 0 Å². The number of alkyl halides is 1. The van der Waals surface area contributed by atoms with Crippen LogP contribution in [0.2, 0.25) is 0 Å². The lowest BCUT2D eigenvalue weighted by Crippen LogP contribution is -2.43. The molecule has 0 aliphatic carbocycles. The van der Waals surface area contributed by atoms with Gasteiger partial charge in [-0.15, -0.1) is 0 Å². The Morgan fingerprint density at radius 1 is 1.50 bits per heavy atom. The summed E-state index contributed by atoms with van der Waals surface area (Å²) < 4.78 is 0. The maximum Gasteiger partial charge on any atom is 0.321 e. The molecule has 0 aliphatic rings. The van der Waals surface area contributed by atoms with E-state index >= 15 is 0 Å². The molecule has 0 aromatic rings. The molecule has 2 N–H and O–H groups in total. The van der Waals surface area contributed by atoms with E-state index in [9.17, 15) is 9.59 Å². The lowest BCUT2D eigenvalue weighted by Gasteiger charge is -2.18. The number of urea groups is 1. The molecular formula is C7H13BrN2O2. The number of carbonyl (C=O) groups is 2. The van der Waals surface area contributed by atoms with Gasteiger partial charge < -0.3 is 5.73 Å². The van der Waals surface area contributed by atoms with Crippen LogP contribution in [0, 0.1) is 0 Å². The third-order valence-corrected chi connectivity index (χ3v) is 2.51. The summed E-state index contributed by atoms with van der Waals surface area (Å²) in [5.74, 6) is -0.271. The van der Waals surface area contributed by atoms with Gasteiger partial charge in [0.2, 0.25) is 5.91 Å². The predicted molar refractivity (Wildman–Crippen MR) is 50.0 cm³/mol. The molecular weight excluding hydrogens is 224 g/mol. The Morgan fingerprint density at radius 3 is 2.25 bits per heavy atom. The van der Waals surface area contributed by atoms with Crippen LogP contribution in [0.1, 0.15) is 20.3 Å². The smallest absolute Gasteiger partial charge is 0.321 e. The van der Waals surface area contributed by atoms with E-state index in [2.05, 4.69) is 15.9 Å². The van der Waals surface area contributed by atoms with Gasteiger partial charge in [-0.1, -0.05) is 22.9 Å². The van der Waals surface area contributed by atoms with E-state index in [4.69, 9.17) is 5.73 Å². The Labute approximate surface area is 80.2 Å². The topological polar surface area (TPSA) is 63.4 Å². The van der Waals surface area contributed by atoms with Gasteiger partial charge in [0.1, 0.15) is 0 Å². The number of carbonyl (C=O) groups excluding carboxylic acids is 2. The molecule has 0 spiro atoms. The minimum Gasteiger partial charge on any atom is -0.351 e. The maximum absolute atomic E-state index is 11.3.